The Bertz CT molecular complexity index is 716. The standard InChI is InChI=1S/C15H10F2N2O2/c16-12-5-10(7-18)6-13(17)14(12)15(21)19-11-3-1-2-9(4-11)8-20/h1-6,20H,8H2,(H,19,21). The van der Waals surface area contributed by atoms with E-state index < -0.39 is 23.1 Å². The van der Waals surface area contributed by atoms with Gasteiger partial charge in [0.2, 0.25) is 0 Å². The number of hydrogen-bond acceptors (Lipinski definition) is 3. The van der Waals surface area contributed by atoms with Crippen LogP contribution in [0.15, 0.2) is 36.4 Å². The van der Waals surface area contributed by atoms with E-state index >= 15 is 0 Å². The number of hydrogen-bond donors (Lipinski definition) is 2. The van der Waals surface area contributed by atoms with Crippen molar-refractivity contribution < 1.29 is 18.7 Å². The third-order valence-corrected chi connectivity index (χ3v) is 2.77. The second kappa shape index (κ2) is 6.11. The van der Waals surface area contributed by atoms with Gasteiger partial charge in [-0.2, -0.15) is 5.26 Å². The molecule has 0 unspecified atom stereocenters. The number of anilines is 1. The number of carbonyl (C=O) groups excluding carboxylic acids is 1. The van der Waals surface area contributed by atoms with E-state index in [1.165, 1.54) is 12.1 Å². The lowest BCUT2D eigenvalue weighted by molar-refractivity contribution is 0.101. The molecule has 0 aliphatic carbocycles. The van der Waals surface area contributed by atoms with Crippen molar-refractivity contribution in [1.29, 1.82) is 5.26 Å². The van der Waals surface area contributed by atoms with Crippen LogP contribution in [-0.4, -0.2) is 11.0 Å². The highest BCUT2D eigenvalue weighted by molar-refractivity contribution is 6.04. The van der Waals surface area contributed by atoms with Gasteiger partial charge in [-0.15, -0.1) is 0 Å². The predicted molar refractivity (Wildman–Crippen MR) is 71.4 cm³/mol. The predicted octanol–water partition coefficient (Wildman–Crippen LogP) is 2.58. The molecule has 21 heavy (non-hydrogen) atoms. The average molecular weight is 288 g/mol. The van der Waals surface area contributed by atoms with Gasteiger partial charge in [0.15, 0.2) is 0 Å². The van der Waals surface area contributed by atoms with Crippen molar-refractivity contribution in [2.24, 2.45) is 0 Å². The number of rotatable bonds is 3. The third-order valence-electron chi connectivity index (χ3n) is 2.77. The fraction of sp³-hybridized carbons (Fsp3) is 0.0667. The van der Waals surface area contributed by atoms with Crippen LogP contribution < -0.4 is 5.32 Å². The van der Waals surface area contributed by atoms with Crippen molar-refractivity contribution >= 4 is 11.6 Å². The van der Waals surface area contributed by atoms with Gasteiger partial charge in [0.25, 0.3) is 5.91 Å². The third kappa shape index (κ3) is 3.22. The van der Waals surface area contributed by atoms with E-state index in [2.05, 4.69) is 5.32 Å². The molecule has 2 aromatic rings. The van der Waals surface area contributed by atoms with Gasteiger partial charge in [-0.05, 0) is 29.8 Å². The molecule has 2 N–H and O–H groups in total. The van der Waals surface area contributed by atoms with Crippen LogP contribution in [0.5, 0.6) is 0 Å². The van der Waals surface area contributed by atoms with Gasteiger partial charge in [0.1, 0.15) is 17.2 Å². The van der Waals surface area contributed by atoms with E-state index in [4.69, 9.17) is 10.4 Å². The van der Waals surface area contributed by atoms with Crippen molar-refractivity contribution in [3.63, 3.8) is 0 Å². The van der Waals surface area contributed by atoms with Crippen LogP contribution in [-0.2, 0) is 6.61 Å². The lowest BCUT2D eigenvalue weighted by atomic mass is 10.1. The summed E-state index contributed by atoms with van der Waals surface area (Å²) in [4.78, 5) is 11.9. The largest absolute Gasteiger partial charge is 0.392 e. The Kier molecular flexibility index (Phi) is 4.26. The molecule has 4 nitrogen and oxygen atoms in total. The molecule has 0 radical (unpaired) electrons. The lowest BCUT2D eigenvalue weighted by Crippen LogP contribution is -2.16. The number of halogens is 2. The molecular weight excluding hydrogens is 278 g/mol. The highest BCUT2D eigenvalue weighted by Crippen LogP contribution is 2.18. The summed E-state index contributed by atoms with van der Waals surface area (Å²) >= 11 is 0. The molecule has 0 heterocycles. The summed E-state index contributed by atoms with van der Waals surface area (Å²) in [5.41, 5.74) is -0.115. The summed E-state index contributed by atoms with van der Waals surface area (Å²) < 4.78 is 27.4. The minimum Gasteiger partial charge on any atom is -0.392 e. The summed E-state index contributed by atoms with van der Waals surface area (Å²) in [6.45, 7) is -0.219. The molecule has 0 aliphatic rings. The number of nitrogens with one attached hydrogen (secondary N) is 1. The van der Waals surface area contributed by atoms with Gasteiger partial charge in [0.05, 0.1) is 18.2 Å². The molecule has 0 spiro atoms. The number of carbonyl (C=O) groups is 1. The topological polar surface area (TPSA) is 73.1 Å². The molecule has 6 heteroatoms. The SMILES string of the molecule is N#Cc1cc(F)c(C(=O)Nc2cccc(CO)c2)c(F)c1. The molecule has 106 valence electrons. The molecule has 0 aromatic heterocycles. The molecule has 0 bridgehead atoms. The Hall–Kier alpha value is -2.78. The summed E-state index contributed by atoms with van der Waals surface area (Å²) in [7, 11) is 0. The average Bonchev–Trinajstić information content (AvgIpc) is 2.46. The minimum atomic E-state index is -1.11. The van der Waals surface area contributed by atoms with Crippen molar-refractivity contribution in [1.82, 2.24) is 0 Å². The second-order valence-electron chi connectivity index (χ2n) is 4.24. The smallest absolute Gasteiger partial charge is 0.261 e. The van der Waals surface area contributed by atoms with Crippen molar-refractivity contribution in [3.05, 3.63) is 64.7 Å². The molecular formula is C15H10F2N2O2. The monoisotopic (exact) mass is 288 g/mol. The second-order valence-corrected chi connectivity index (χ2v) is 4.24. The molecule has 0 saturated heterocycles. The summed E-state index contributed by atoms with van der Waals surface area (Å²) in [6, 6.07) is 9.42. The van der Waals surface area contributed by atoms with E-state index in [-0.39, 0.29) is 12.2 Å². The molecule has 0 fully saturated rings. The van der Waals surface area contributed by atoms with Gasteiger partial charge in [-0.25, -0.2) is 8.78 Å². The first-order valence-corrected chi connectivity index (χ1v) is 5.95. The Balaban J connectivity index is 2.31. The molecule has 0 atom stereocenters. The molecule has 0 saturated carbocycles. The molecule has 2 aromatic carbocycles. The number of aliphatic hydroxyl groups excluding tert-OH is 1. The minimum absolute atomic E-state index is 0.205. The summed E-state index contributed by atoms with van der Waals surface area (Å²) in [5.74, 6) is -3.19. The maximum absolute atomic E-state index is 13.7. The van der Waals surface area contributed by atoms with Crippen LogP contribution >= 0.6 is 0 Å². The lowest BCUT2D eigenvalue weighted by Gasteiger charge is -2.08. The van der Waals surface area contributed by atoms with E-state index in [0.717, 1.165) is 12.1 Å². The Morgan fingerprint density at radius 3 is 2.48 bits per heavy atom. The maximum atomic E-state index is 13.7. The van der Waals surface area contributed by atoms with Gasteiger partial charge in [-0.1, -0.05) is 12.1 Å². The zero-order valence-electron chi connectivity index (χ0n) is 10.7. The van der Waals surface area contributed by atoms with Crippen molar-refractivity contribution in [2.75, 3.05) is 5.32 Å². The normalized spacial score (nSPS) is 10.0. The highest BCUT2D eigenvalue weighted by atomic mass is 19.1. The first-order valence-electron chi connectivity index (χ1n) is 5.95. The Morgan fingerprint density at radius 2 is 1.90 bits per heavy atom. The van der Waals surface area contributed by atoms with Gasteiger partial charge in [-0.3, -0.25) is 4.79 Å². The zero-order valence-corrected chi connectivity index (χ0v) is 10.7. The highest BCUT2D eigenvalue weighted by Gasteiger charge is 2.19. The summed E-state index contributed by atoms with van der Waals surface area (Å²) in [5, 5.41) is 19.9. The maximum Gasteiger partial charge on any atom is 0.261 e. The van der Waals surface area contributed by atoms with Crippen LogP contribution in [0, 0.1) is 23.0 Å². The van der Waals surface area contributed by atoms with E-state index in [1.54, 1.807) is 18.2 Å². The Labute approximate surface area is 119 Å². The molecule has 0 aliphatic heterocycles. The van der Waals surface area contributed by atoms with Crippen LogP contribution in [0.2, 0.25) is 0 Å². The zero-order chi connectivity index (χ0) is 15.4. The fourth-order valence-corrected chi connectivity index (χ4v) is 1.80. The van der Waals surface area contributed by atoms with Gasteiger partial charge < -0.3 is 10.4 Å². The fourth-order valence-electron chi connectivity index (χ4n) is 1.80. The molecule has 2 rings (SSSR count). The van der Waals surface area contributed by atoms with Crippen LogP contribution in [0.25, 0.3) is 0 Å². The summed E-state index contributed by atoms with van der Waals surface area (Å²) in [6.07, 6.45) is 0. The van der Waals surface area contributed by atoms with Crippen molar-refractivity contribution in [3.8, 4) is 6.07 Å². The van der Waals surface area contributed by atoms with Gasteiger partial charge >= 0.3 is 0 Å². The van der Waals surface area contributed by atoms with Crippen LogP contribution in [0.4, 0.5) is 14.5 Å². The molecule has 1 amide bonds. The quantitative estimate of drug-likeness (QED) is 0.911. The Morgan fingerprint density at radius 1 is 1.24 bits per heavy atom. The number of aliphatic hydroxyl groups is 1. The first kappa shape index (κ1) is 14.6. The van der Waals surface area contributed by atoms with Gasteiger partial charge in [0, 0.05) is 5.69 Å². The number of amides is 1. The van der Waals surface area contributed by atoms with E-state index in [1.807, 2.05) is 0 Å². The van der Waals surface area contributed by atoms with Crippen molar-refractivity contribution in [2.45, 2.75) is 6.61 Å². The van der Waals surface area contributed by atoms with E-state index in [0.29, 0.717) is 11.3 Å². The first-order chi connectivity index (χ1) is 10.0. The van der Waals surface area contributed by atoms with E-state index in [9.17, 15) is 13.6 Å². The van der Waals surface area contributed by atoms with Crippen LogP contribution in [0.1, 0.15) is 21.5 Å². The number of benzene rings is 2. The number of nitrogens with zero attached hydrogens (tertiary/aromatic N) is 1. The van der Waals surface area contributed by atoms with Crippen LogP contribution in [0.3, 0.4) is 0 Å². The number of nitriles is 1.